The van der Waals surface area contributed by atoms with Gasteiger partial charge in [0.2, 0.25) is 0 Å². The smallest absolute Gasteiger partial charge is 0.258 e. The summed E-state index contributed by atoms with van der Waals surface area (Å²) in [5, 5.41) is 0.525. The standard InChI is InChI=1S/C24H21N3O3/c1-30-19-13-11-18(12-14-19)24(29)27(15-17-7-3-2-4-8-17)16-22-25-21-10-6-5-9-20(21)23(28)26-22/h2-14H,15-16H2,1H3,(H,25,26,28). The van der Waals surface area contributed by atoms with E-state index in [-0.39, 0.29) is 18.0 Å². The van der Waals surface area contributed by atoms with Gasteiger partial charge in [0.1, 0.15) is 11.6 Å². The van der Waals surface area contributed by atoms with E-state index in [1.807, 2.05) is 36.4 Å². The fourth-order valence-electron chi connectivity index (χ4n) is 3.31. The summed E-state index contributed by atoms with van der Waals surface area (Å²) in [6.07, 6.45) is 0. The topological polar surface area (TPSA) is 75.3 Å². The number of methoxy groups -OCH3 is 1. The molecular weight excluding hydrogens is 378 g/mol. The van der Waals surface area contributed by atoms with Crippen molar-refractivity contribution in [3.05, 3.63) is 106 Å². The molecule has 1 aromatic heterocycles. The van der Waals surface area contributed by atoms with Crippen molar-refractivity contribution in [2.24, 2.45) is 0 Å². The summed E-state index contributed by atoms with van der Waals surface area (Å²) in [4.78, 5) is 34.7. The summed E-state index contributed by atoms with van der Waals surface area (Å²) in [6.45, 7) is 0.571. The molecule has 1 heterocycles. The lowest BCUT2D eigenvalue weighted by molar-refractivity contribution is 0.0725. The fourth-order valence-corrected chi connectivity index (χ4v) is 3.31. The summed E-state index contributed by atoms with van der Waals surface area (Å²) in [7, 11) is 1.58. The Kier molecular flexibility index (Phi) is 5.57. The monoisotopic (exact) mass is 399 g/mol. The number of amides is 1. The van der Waals surface area contributed by atoms with E-state index in [2.05, 4.69) is 9.97 Å². The number of hydrogen-bond donors (Lipinski definition) is 1. The number of nitrogens with zero attached hydrogens (tertiary/aromatic N) is 2. The van der Waals surface area contributed by atoms with Crippen LogP contribution >= 0.6 is 0 Å². The van der Waals surface area contributed by atoms with E-state index in [9.17, 15) is 9.59 Å². The van der Waals surface area contributed by atoms with Crippen LogP contribution in [0.3, 0.4) is 0 Å². The molecule has 30 heavy (non-hydrogen) atoms. The van der Waals surface area contributed by atoms with Crippen molar-refractivity contribution in [3.8, 4) is 5.75 Å². The molecule has 0 aliphatic carbocycles. The molecule has 0 unspecified atom stereocenters. The van der Waals surface area contributed by atoms with Crippen LogP contribution in [0.2, 0.25) is 0 Å². The number of carbonyl (C=O) groups excluding carboxylic acids is 1. The summed E-state index contributed by atoms with van der Waals surface area (Å²) in [5.74, 6) is 0.968. The van der Waals surface area contributed by atoms with Gasteiger partial charge in [-0.2, -0.15) is 0 Å². The molecule has 1 N–H and O–H groups in total. The highest BCUT2D eigenvalue weighted by Gasteiger charge is 2.18. The van der Waals surface area contributed by atoms with Crippen molar-refractivity contribution < 1.29 is 9.53 Å². The predicted octanol–water partition coefficient (Wildman–Crippen LogP) is 3.77. The number of aromatic amines is 1. The molecular formula is C24H21N3O3. The first-order valence-corrected chi connectivity index (χ1v) is 9.59. The van der Waals surface area contributed by atoms with Crippen LogP contribution in [0, 0.1) is 0 Å². The lowest BCUT2D eigenvalue weighted by Gasteiger charge is -2.23. The van der Waals surface area contributed by atoms with Gasteiger partial charge in [-0.1, -0.05) is 42.5 Å². The van der Waals surface area contributed by atoms with Gasteiger partial charge >= 0.3 is 0 Å². The van der Waals surface area contributed by atoms with Crippen LogP contribution in [-0.4, -0.2) is 27.9 Å². The predicted molar refractivity (Wildman–Crippen MR) is 115 cm³/mol. The maximum atomic E-state index is 13.3. The molecule has 4 aromatic rings. The first-order valence-electron chi connectivity index (χ1n) is 9.59. The molecule has 0 saturated carbocycles. The first-order chi connectivity index (χ1) is 14.6. The second-order valence-electron chi connectivity index (χ2n) is 6.91. The number of para-hydroxylation sites is 1. The molecule has 3 aromatic carbocycles. The molecule has 0 aliphatic rings. The SMILES string of the molecule is COc1ccc(C(=O)N(Cc2ccccc2)Cc2nc3ccccc3c(=O)[nH]2)cc1. The van der Waals surface area contributed by atoms with E-state index < -0.39 is 0 Å². The number of hydrogen-bond acceptors (Lipinski definition) is 4. The lowest BCUT2D eigenvalue weighted by atomic mass is 10.1. The van der Waals surface area contributed by atoms with Gasteiger partial charge in [0.05, 0.1) is 24.6 Å². The average Bonchev–Trinajstić information content (AvgIpc) is 2.79. The molecule has 0 fully saturated rings. The van der Waals surface area contributed by atoms with E-state index in [1.165, 1.54) is 0 Å². The molecule has 6 heteroatoms. The van der Waals surface area contributed by atoms with E-state index in [1.54, 1.807) is 54.5 Å². The molecule has 6 nitrogen and oxygen atoms in total. The van der Waals surface area contributed by atoms with Crippen LogP contribution in [-0.2, 0) is 13.1 Å². The second-order valence-corrected chi connectivity index (χ2v) is 6.91. The second kappa shape index (κ2) is 8.61. The zero-order valence-corrected chi connectivity index (χ0v) is 16.5. The molecule has 0 atom stereocenters. The lowest BCUT2D eigenvalue weighted by Crippen LogP contribution is -2.31. The Balaban J connectivity index is 1.67. The highest BCUT2D eigenvalue weighted by molar-refractivity contribution is 5.94. The highest BCUT2D eigenvalue weighted by atomic mass is 16.5. The van der Waals surface area contributed by atoms with Crippen LogP contribution in [0.5, 0.6) is 5.75 Å². The number of fused-ring (bicyclic) bond motifs is 1. The minimum absolute atomic E-state index is 0.155. The molecule has 0 radical (unpaired) electrons. The third-order valence-electron chi connectivity index (χ3n) is 4.84. The third-order valence-corrected chi connectivity index (χ3v) is 4.84. The molecule has 0 saturated heterocycles. The zero-order chi connectivity index (χ0) is 20.9. The number of benzene rings is 3. The largest absolute Gasteiger partial charge is 0.497 e. The quantitative estimate of drug-likeness (QED) is 0.535. The van der Waals surface area contributed by atoms with Crippen LogP contribution in [0.15, 0.2) is 83.7 Å². The van der Waals surface area contributed by atoms with Gasteiger partial charge in [0.25, 0.3) is 11.5 Å². The van der Waals surface area contributed by atoms with Gasteiger partial charge in [-0.25, -0.2) is 4.98 Å². The van der Waals surface area contributed by atoms with Gasteiger partial charge in [0.15, 0.2) is 0 Å². The Hall–Kier alpha value is -3.93. The number of nitrogens with one attached hydrogen (secondary N) is 1. The van der Waals surface area contributed by atoms with E-state index in [0.717, 1.165) is 5.56 Å². The Labute approximate surface area is 173 Å². The molecule has 0 aliphatic heterocycles. The Morgan fingerprint density at radius 1 is 0.933 bits per heavy atom. The highest BCUT2D eigenvalue weighted by Crippen LogP contribution is 2.17. The van der Waals surface area contributed by atoms with Crippen LogP contribution in [0.25, 0.3) is 10.9 Å². The summed E-state index contributed by atoms with van der Waals surface area (Å²) in [5.41, 5.74) is 1.91. The zero-order valence-electron chi connectivity index (χ0n) is 16.5. The number of carbonyl (C=O) groups is 1. The van der Waals surface area contributed by atoms with Crippen molar-refractivity contribution in [1.29, 1.82) is 0 Å². The molecule has 0 bridgehead atoms. The minimum Gasteiger partial charge on any atom is -0.497 e. The van der Waals surface area contributed by atoms with Gasteiger partial charge in [-0.05, 0) is 42.0 Å². The molecule has 0 spiro atoms. The normalized spacial score (nSPS) is 10.7. The summed E-state index contributed by atoms with van der Waals surface area (Å²) in [6, 6.07) is 23.9. The number of aromatic nitrogens is 2. The van der Waals surface area contributed by atoms with Crippen molar-refractivity contribution in [2.45, 2.75) is 13.1 Å². The van der Waals surface area contributed by atoms with Crippen LogP contribution < -0.4 is 10.3 Å². The van der Waals surface area contributed by atoms with Crippen molar-refractivity contribution >= 4 is 16.8 Å². The van der Waals surface area contributed by atoms with Crippen LogP contribution in [0.4, 0.5) is 0 Å². The van der Waals surface area contributed by atoms with Crippen molar-refractivity contribution in [2.75, 3.05) is 7.11 Å². The molecule has 4 rings (SSSR count). The fraction of sp³-hybridized carbons (Fsp3) is 0.125. The number of rotatable bonds is 6. The Morgan fingerprint density at radius 2 is 1.63 bits per heavy atom. The van der Waals surface area contributed by atoms with Crippen molar-refractivity contribution in [1.82, 2.24) is 14.9 Å². The Bertz CT molecular complexity index is 1220. The van der Waals surface area contributed by atoms with Crippen molar-refractivity contribution in [3.63, 3.8) is 0 Å². The van der Waals surface area contributed by atoms with Crippen LogP contribution in [0.1, 0.15) is 21.7 Å². The van der Waals surface area contributed by atoms with E-state index >= 15 is 0 Å². The third kappa shape index (κ3) is 4.22. The van der Waals surface area contributed by atoms with Gasteiger partial charge in [-0.15, -0.1) is 0 Å². The van der Waals surface area contributed by atoms with Gasteiger partial charge in [0, 0.05) is 12.1 Å². The summed E-state index contributed by atoms with van der Waals surface area (Å²) < 4.78 is 5.18. The minimum atomic E-state index is -0.216. The number of H-pyrrole nitrogens is 1. The van der Waals surface area contributed by atoms with E-state index in [4.69, 9.17) is 4.74 Å². The number of ether oxygens (including phenoxy) is 1. The summed E-state index contributed by atoms with van der Waals surface area (Å²) >= 11 is 0. The van der Waals surface area contributed by atoms with Gasteiger partial charge < -0.3 is 14.6 Å². The Morgan fingerprint density at radius 3 is 2.37 bits per heavy atom. The maximum Gasteiger partial charge on any atom is 0.258 e. The van der Waals surface area contributed by atoms with Gasteiger partial charge in [-0.3, -0.25) is 9.59 Å². The first kappa shape index (κ1) is 19.4. The average molecular weight is 399 g/mol. The molecule has 1 amide bonds. The van der Waals surface area contributed by atoms with E-state index in [0.29, 0.717) is 34.6 Å². The molecule has 150 valence electrons. The maximum absolute atomic E-state index is 13.3.